The SMILES string of the molecule is O=C(Nc1cccc(N2CCCC2=O)c1)c1ccsc1. The Morgan fingerprint density at radius 2 is 2.20 bits per heavy atom. The Morgan fingerprint density at radius 3 is 2.90 bits per heavy atom. The summed E-state index contributed by atoms with van der Waals surface area (Å²) in [5, 5.41) is 6.53. The highest BCUT2D eigenvalue weighted by atomic mass is 32.1. The van der Waals surface area contributed by atoms with Gasteiger partial charge in [-0.25, -0.2) is 0 Å². The van der Waals surface area contributed by atoms with Crippen LogP contribution in [0.25, 0.3) is 0 Å². The first-order valence-electron chi connectivity index (χ1n) is 6.48. The quantitative estimate of drug-likeness (QED) is 0.942. The highest BCUT2D eigenvalue weighted by molar-refractivity contribution is 7.08. The predicted molar refractivity (Wildman–Crippen MR) is 80.3 cm³/mol. The molecule has 0 radical (unpaired) electrons. The molecule has 0 bridgehead atoms. The molecular weight excluding hydrogens is 272 g/mol. The van der Waals surface area contributed by atoms with Crippen molar-refractivity contribution in [2.24, 2.45) is 0 Å². The Bertz CT molecular complexity index is 637. The number of nitrogens with one attached hydrogen (secondary N) is 1. The minimum Gasteiger partial charge on any atom is -0.322 e. The van der Waals surface area contributed by atoms with Crippen LogP contribution in [-0.2, 0) is 4.79 Å². The molecule has 1 saturated heterocycles. The summed E-state index contributed by atoms with van der Waals surface area (Å²) >= 11 is 1.49. The molecule has 0 spiro atoms. The molecule has 4 nitrogen and oxygen atoms in total. The lowest BCUT2D eigenvalue weighted by molar-refractivity contribution is -0.117. The van der Waals surface area contributed by atoms with E-state index in [4.69, 9.17) is 0 Å². The summed E-state index contributed by atoms with van der Waals surface area (Å²) in [5.74, 6) is 0.0162. The molecule has 1 N–H and O–H groups in total. The molecule has 0 unspecified atom stereocenters. The number of nitrogens with zero attached hydrogens (tertiary/aromatic N) is 1. The zero-order valence-corrected chi connectivity index (χ0v) is 11.7. The van der Waals surface area contributed by atoms with Crippen LogP contribution in [0.4, 0.5) is 11.4 Å². The van der Waals surface area contributed by atoms with Crippen molar-refractivity contribution in [2.75, 3.05) is 16.8 Å². The Balaban J connectivity index is 1.78. The normalized spacial score (nSPS) is 14.6. The second-order valence-corrected chi connectivity index (χ2v) is 5.45. The number of anilines is 2. The van der Waals surface area contributed by atoms with Gasteiger partial charge in [0.25, 0.3) is 5.91 Å². The first-order chi connectivity index (χ1) is 9.74. The molecule has 1 aliphatic rings. The van der Waals surface area contributed by atoms with Gasteiger partial charge in [0.15, 0.2) is 0 Å². The molecule has 2 heterocycles. The monoisotopic (exact) mass is 286 g/mol. The maximum Gasteiger partial charge on any atom is 0.256 e. The molecule has 3 rings (SSSR count). The molecule has 2 amide bonds. The van der Waals surface area contributed by atoms with Crippen molar-refractivity contribution in [3.05, 3.63) is 46.7 Å². The molecule has 0 atom stereocenters. The van der Waals surface area contributed by atoms with Crippen molar-refractivity contribution < 1.29 is 9.59 Å². The lowest BCUT2D eigenvalue weighted by atomic mass is 10.2. The van der Waals surface area contributed by atoms with Gasteiger partial charge in [0.2, 0.25) is 5.91 Å². The van der Waals surface area contributed by atoms with Crippen LogP contribution in [0.3, 0.4) is 0 Å². The number of amides is 2. The average molecular weight is 286 g/mol. The molecule has 1 fully saturated rings. The number of rotatable bonds is 3. The topological polar surface area (TPSA) is 49.4 Å². The first-order valence-corrected chi connectivity index (χ1v) is 7.42. The van der Waals surface area contributed by atoms with E-state index in [1.165, 1.54) is 11.3 Å². The predicted octanol–water partition coefficient (Wildman–Crippen LogP) is 3.13. The molecule has 0 aliphatic carbocycles. The second-order valence-electron chi connectivity index (χ2n) is 4.67. The van der Waals surface area contributed by atoms with Gasteiger partial charge in [0.05, 0.1) is 5.56 Å². The Kier molecular flexibility index (Phi) is 3.52. The van der Waals surface area contributed by atoms with Crippen molar-refractivity contribution in [2.45, 2.75) is 12.8 Å². The Labute approximate surface area is 121 Å². The van der Waals surface area contributed by atoms with E-state index >= 15 is 0 Å². The lowest BCUT2D eigenvalue weighted by Gasteiger charge is -2.16. The van der Waals surface area contributed by atoms with Gasteiger partial charge in [-0.05, 0) is 36.1 Å². The van der Waals surface area contributed by atoms with E-state index in [1.807, 2.05) is 35.0 Å². The zero-order valence-electron chi connectivity index (χ0n) is 10.8. The van der Waals surface area contributed by atoms with Crippen molar-refractivity contribution in [1.82, 2.24) is 0 Å². The molecule has 0 saturated carbocycles. The first kappa shape index (κ1) is 12.9. The van der Waals surface area contributed by atoms with Gasteiger partial charge in [-0.2, -0.15) is 11.3 Å². The molecule has 1 aromatic carbocycles. The maximum absolute atomic E-state index is 12.0. The molecule has 20 heavy (non-hydrogen) atoms. The minimum absolute atomic E-state index is 0.129. The Hall–Kier alpha value is -2.14. The molecule has 2 aromatic rings. The van der Waals surface area contributed by atoms with Crippen LogP contribution in [0, 0.1) is 0 Å². The van der Waals surface area contributed by atoms with E-state index in [1.54, 1.807) is 11.0 Å². The van der Waals surface area contributed by atoms with Crippen molar-refractivity contribution in [3.8, 4) is 0 Å². The molecule has 1 aromatic heterocycles. The summed E-state index contributed by atoms with van der Waals surface area (Å²) in [7, 11) is 0. The van der Waals surface area contributed by atoms with Gasteiger partial charge < -0.3 is 10.2 Å². The van der Waals surface area contributed by atoms with Gasteiger partial charge in [-0.3, -0.25) is 9.59 Å². The fraction of sp³-hybridized carbons (Fsp3) is 0.200. The van der Waals surface area contributed by atoms with Crippen LogP contribution >= 0.6 is 11.3 Å². The van der Waals surface area contributed by atoms with Gasteiger partial charge in [0.1, 0.15) is 0 Å². The minimum atomic E-state index is -0.129. The fourth-order valence-corrected chi connectivity index (χ4v) is 2.91. The molecule has 1 aliphatic heterocycles. The van der Waals surface area contributed by atoms with E-state index in [-0.39, 0.29) is 11.8 Å². The van der Waals surface area contributed by atoms with Crippen LogP contribution < -0.4 is 10.2 Å². The summed E-state index contributed by atoms with van der Waals surface area (Å²) in [6.45, 7) is 0.751. The smallest absolute Gasteiger partial charge is 0.256 e. The van der Waals surface area contributed by atoms with Crippen molar-refractivity contribution in [3.63, 3.8) is 0 Å². The fourth-order valence-electron chi connectivity index (χ4n) is 2.27. The Morgan fingerprint density at radius 1 is 1.30 bits per heavy atom. The van der Waals surface area contributed by atoms with E-state index in [0.29, 0.717) is 17.7 Å². The highest BCUT2D eigenvalue weighted by Crippen LogP contribution is 2.24. The van der Waals surface area contributed by atoms with E-state index in [9.17, 15) is 9.59 Å². The molecule has 102 valence electrons. The number of hydrogen-bond acceptors (Lipinski definition) is 3. The van der Waals surface area contributed by atoms with Crippen LogP contribution in [0.1, 0.15) is 23.2 Å². The van der Waals surface area contributed by atoms with Crippen molar-refractivity contribution >= 4 is 34.5 Å². The number of carbonyl (C=O) groups excluding carboxylic acids is 2. The third kappa shape index (κ3) is 2.58. The summed E-state index contributed by atoms with van der Waals surface area (Å²) in [6, 6.07) is 9.20. The largest absolute Gasteiger partial charge is 0.322 e. The van der Waals surface area contributed by atoms with E-state index in [2.05, 4.69) is 5.32 Å². The standard InChI is InChI=1S/C15H14N2O2S/c18-14-5-2-7-17(14)13-4-1-3-12(9-13)16-15(19)11-6-8-20-10-11/h1,3-4,6,8-10H,2,5,7H2,(H,16,19). The van der Waals surface area contributed by atoms with E-state index in [0.717, 1.165) is 18.7 Å². The molecular formula is C15H14N2O2S. The van der Waals surface area contributed by atoms with Crippen LogP contribution in [0.2, 0.25) is 0 Å². The third-order valence-electron chi connectivity index (χ3n) is 3.27. The maximum atomic E-state index is 12.0. The number of carbonyl (C=O) groups is 2. The zero-order chi connectivity index (χ0) is 13.9. The average Bonchev–Trinajstić information content (AvgIpc) is 3.10. The summed E-state index contributed by atoms with van der Waals surface area (Å²) in [5.41, 5.74) is 2.20. The van der Waals surface area contributed by atoms with Gasteiger partial charge >= 0.3 is 0 Å². The summed E-state index contributed by atoms with van der Waals surface area (Å²) in [6.07, 6.45) is 1.50. The third-order valence-corrected chi connectivity index (χ3v) is 3.96. The number of hydrogen-bond donors (Lipinski definition) is 1. The van der Waals surface area contributed by atoms with Gasteiger partial charge in [-0.1, -0.05) is 6.07 Å². The molecule has 5 heteroatoms. The second kappa shape index (κ2) is 5.46. The van der Waals surface area contributed by atoms with Crippen LogP contribution in [0.5, 0.6) is 0 Å². The summed E-state index contributed by atoms with van der Waals surface area (Å²) in [4.78, 5) is 25.5. The van der Waals surface area contributed by atoms with Gasteiger partial charge in [-0.15, -0.1) is 0 Å². The van der Waals surface area contributed by atoms with Crippen LogP contribution in [0.15, 0.2) is 41.1 Å². The lowest BCUT2D eigenvalue weighted by Crippen LogP contribution is -2.23. The van der Waals surface area contributed by atoms with E-state index < -0.39 is 0 Å². The van der Waals surface area contributed by atoms with Gasteiger partial charge in [0, 0.05) is 29.7 Å². The van der Waals surface area contributed by atoms with Crippen LogP contribution in [-0.4, -0.2) is 18.4 Å². The number of benzene rings is 1. The highest BCUT2D eigenvalue weighted by Gasteiger charge is 2.21. The summed E-state index contributed by atoms with van der Waals surface area (Å²) < 4.78 is 0. The number of thiophene rings is 1. The van der Waals surface area contributed by atoms with Crippen molar-refractivity contribution in [1.29, 1.82) is 0 Å².